The van der Waals surface area contributed by atoms with Gasteiger partial charge in [0.2, 0.25) is 0 Å². The molecule has 1 amide bonds. The maximum atomic E-state index is 11.9. The average Bonchev–Trinajstić information content (AvgIpc) is 2.61. The van der Waals surface area contributed by atoms with Gasteiger partial charge in [-0.3, -0.25) is 14.9 Å². The van der Waals surface area contributed by atoms with Crippen molar-refractivity contribution in [1.29, 1.82) is 0 Å². The second-order valence-corrected chi connectivity index (χ2v) is 4.15. The van der Waals surface area contributed by atoms with Gasteiger partial charge in [0.05, 0.1) is 5.56 Å². The number of nitrogens with one attached hydrogen (secondary N) is 1. The van der Waals surface area contributed by atoms with Crippen molar-refractivity contribution >= 4 is 17.5 Å². The van der Waals surface area contributed by atoms with Crippen molar-refractivity contribution in [1.82, 2.24) is 9.66 Å². The standard InChI is InChI=1S/C12H12ClN3O/c1-8-3-4-9(2)16(8)15-12(17)10-5-6-11(13)14-7-10/h3-7H,1-2H3,(H,15,17). The Morgan fingerprint density at radius 2 is 1.88 bits per heavy atom. The molecule has 2 aromatic heterocycles. The van der Waals surface area contributed by atoms with Gasteiger partial charge in [0.15, 0.2) is 0 Å². The highest BCUT2D eigenvalue weighted by atomic mass is 35.5. The number of amides is 1. The van der Waals surface area contributed by atoms with Gasteiger partial charge in [0.1, 0.15) is 5.15 Å². The summed E-state index contributed by atoms with van der Waals surface area (Å²) in [6.45, 7) is 3.85. The topological polar surface area (TPSA) is 46.9 Å². The van der Waals surface area contributed by atoms with Crippen LogP contribution in [0, 0.1) is 13.8 Å². The summed E-state index contributed by atoms with van der Waals surface area (Å²) in [5.74, 6) is -0.212. The summed E-state index contributed by atoms with van der Waals surface area (Å²) in [5, 5.41) is 0.370. The first-order chi connectivity index (χ1) is 8.08. The molecule has 2 rings (SSSR count). The fraction of sp³-hybridized carbons (Fsp3) is 0.167. The van der Waals surface area contributed by atoms with E-state index in [1.165, 1.54) is 6.20 Å². The van der Waals surface area contributed by atoms with E-state index in [2.05, 4.69) is 10.4 Å². The number of hydrogen-bond acceptors (Lipinski definition) is 2. The van der Waals surface area contributed by atoms with E-state index in [1.54, 1.807) is 16.8 Å². The molecule has 0 fully saturated rings. The minimum Gasteiger partial charge on any atom is -0.267 e. The van der Waals surface area contributed by atoms with Gasteiger partial charge in [-0.15, -0.1) is 0 Å². The molecule has 0 aromatic carbocycles. The summed E-state index contributed by atoms with van der Waals surface area (Å²) in [5.41, 5.74) is 5.20. The Labute approximate surface area is 104 Å². The monoisotopic (exact) mass is 249 g/mol. The highest BCUT2D eigenvalue weighted by Crippen LogP contribution is 2.08. The lowest BCUT2D eigenvalue weighted by atomic mass is 10.3. The van der Waals surface area contributed by atoms with Crippen LogP contribution in [0.15, 0.2) is 30.5 Å². The van der Waals surface area contributed by atoms with Crippen LogP contribution in [0.5, 0.6) is 0 Å². The van der Waals surface area contributed by atoms with Gasteiger partial charge in [-0.25, -0.2) is 4.98 Å². The lowest BCUT2D eigenvalue weighted by molar-refractivity contribution is 0.101. The van der Waals surface area contributed by atoms with E-state index in [0.29, 0.717) is 10.7 Å². The number of aromatic nitrogens is 2. The number of hydrogen-bond donors (Lipinski definition) is 1. The molecule has 0 radical (unpaired) electrons. The molecule has 1 N–H and O–H groups in total. The number of carbonyl (C=O) groups excluding carboxylic acids is 1. The van der Waals surface area contributed by atoms with E-state index in [0.717, 1.165) is 11.4 Å². The quantitative estimate of drug-likeness (QED) is 0.832. The number of nitrogens with zero attached hydrogens (tertiary/aromatic N) is 2. The maximum absolute atomic E-state index is 11.9. The molecule has 0 aliphatic rings. The summed E-state index contributed by atoms with van der Waals surface area (Å²) in [4.78, 5) is 15.8. The highest BCUT2D eigenvalue weighted by molar-refractivity contribution is 6.29. The van der Waals surface area contributed by atoms with Crippen LogP contribution in [0.25, 0.3) is 0 Å². The molecule has 88 valence electrons. The molecule has 0 aliphatic heterocycles. The molecule has 2 aromatic rings. The van der Waals surface area contributed by atoms with Crippen molar-refractivity contribution in [2.45, 2.75) is 13.8 Å². The van der Waals surface area contributed by atoms with Crippen molar-refractivity contribution in [3.8, 4) is 0 Å². The summed E-state index contributed by atoms with van der Waals surface area (Å²) in [6.07, 6.45) is 1.45. The van der Waals surface area contributed by atoms with Crippen LogP contribution in [0.3, 0.4) is 0 Å². The molecule has 0 saturated heterocycles. The highest BCUT2D eigenvalue weighted by Gasteiger charge is 2.08. The van der Waals surface area contributed by atoms with Gasteiger partial charge in [-0.05, 0) is 38.1 Å². The molecule has 0 atom stereocenters. The van der Waals surface area contributed by atoms with Crippen LogP contribution in [-0.2, 0) is 0 Å². The third-order valence-corrected chi connectivity index (χ3v) is 2.70. The second kappa shape index (κ2) is 4.59. The third kappa shape index (κ3) is 2.47. The van der Waals surface area contributed by atoms with Gasteiger partial charge in [0, 0.05) is 17.6 Å². The number of halogens is 1. The van der Waals surface area contributed by atoms with Crippen molar-refractivity contribution in [3.05, 3.63) is 52.6 Å². The number of aryl methyl sites for hydroxylation is 2. The second-order valence-electron chi connectivity index (χ2n) is 3.76. The molecule has 5 heteroatoms. The van der Waals surface area contributed by atoms with Crippen molar-refractivity contribution in [2.24, 2.45) is 0 Å². The third-order valence-electron chi connectivity index (χ3n) is 2.47. The predicted octanol–water partition coefficient (Wildman–Crippen LogP) is 2.54. The Bertz CT molecular complexity index is 526. The van der Waals surface area contributed by atoms with Crippen LogP contribution < -0.4 is 5.43 Å². The van der Waals surface area contributed by atoms with E-state index >= 15 is 0 Å². The van der Waals surface area contributed by atoms with Crippen LogP contribution in [-0.4, -0.2) is 15.6 Å². The normalized spacial score (nSPS) is 10.3. The van der Waals surface area contributed by atoms with E-state index in [1.807, 2.05) is 26.0 Å². The van der Waals surface area contributed by atoms with Crippen LogP contribution in [0.2, 0.25) is 5.15 Å². The Morgan fingerprint density at radius 1 is 1.24 bits per heavy atom. The minimum atomic E-state index is -0.212. The van der Waals surface area contributed by atoms with Gasteiger partial charge in [-0.2, -0.15) is 0 Å². The first-order valence-electron chi connectivity index (χ1n) is 5.16. The smallest absolute Gasteiger partial charge is 0.267 e. The van der Waals surface area contributed by atoms with Crippen LogP contribution in [0.4, 0.5) is 0 Å². The largest absolute Gasteiger partial charge is 0.271 e. The van der Waals surface area contributed by atoms with Crippen molar-refractivity contribution < 1.29 is 4.79 Å². The Morgan fingerprint density at radius 3 is 2.41 bits per heavy atom. The van der Waals surface area contributed by atoms with Crippen molar-refractivity contribution in [3.63, 3.8) is 0 Å². The molecule has 2 heterocycles. The zero-order chi connectivity index (χ0) is 12.4. The molecule has 0 saturated carbocycles. The summed E-state index contributed by atoms with van der Waals surface area (Å²) in [6, 6.07) is 7.11. The van der Waals surface area contributed by atoms with Gasteiger partial charge < -0.3 is 0 Å². The molecular weight excluding hydrogens is 238 g/mol. The predicted molar refractivity (Wildman–Crippen MR) is 66.8 cm³/mol. The number of pyridine rings is 1. The SMILES string of the molecule is Cc1ccc(C)n1NC(=O)c1ccc(Cl)nc1. The Hall–Kier alpha value is -1.81. The molecule has 17 heavy (non-hydrogen) atoms. The fourth-order valence-corrected chi connectivity index (χ4v) is 1.63. The summed E-state index contributed by atoms with van der Waals surface area (Å²) in [7, 11) is 0. The van der Waals surface area contributed by atoms with Gasteiger partial charge in [-0.1, -0.05) is 11.6 Å². The zero-order valence-corrected chi connectivity index (χ0v) is 10.3. The van der Waals surface area contributed by atoms with Crippen LogP contribution >= 0.6 is 11.6 Å². The van der Waals surface area contributed by atoms with E-state index in [9.17, 15) is 4.79 Å². The summed E-state index contributed by atoms with van der Waals surface area (Å²) < 4.78 is 1.73. The lowest BCUT2D eigenvalue weighted by Gasteiger charge is -2.10. The number of rotatable bonds is 2. The molecule has 0 unspecified atom stereocenters. The Balaban J connectivity index is 2.20. The first-order valence-corrected chi connectivity index (χ1v) is 5.53. The van der Waals surface area contributed by atoms with E-state index < -0.39 is 0 Å². The lowest BCUT2D eigenvalue weighted by Crippen LogP contribution is -2.24. The van der Waals surface area contributed by atoms with E-state index in [4.69, 9.17) is 11.6 Å². The molecule has 0 bridgehead atoms. The van der Waals surface area contributed by atoms with E-state index in [-0.39, 0.29) is 5.91 Å². The van der Waals surface area contributed by atoms with Crippen LogP contribution in [0.1, 0.15) is 21.7 Å². The fourth-order valence-electron chi connectivity index (χ4n) is 1.52. The molecule has 0 spiro atoms. The minimum absolute atomic E-state index is 0.212. The maximum Gasteiger partial charge on any atom is 0.271 e. The molecular formula is C12H12ClN3O. The summed E-state index contributed by atoms with van der Waals surface area (Å²) >= 11 is 5.66. The molecule has 4 nitrogen and oxygen atoms in total. The Kier molecular flexibility index (Phi) is 3.15. The van der Waals surface area contributed by atoms with Gasteiger partial charge in [0.25, 0.3) is 5.91 Å². The number of carbonyl (C=O) groups is 1. The average molecular weight is 250 g/mol. The van der Waals surface area contributed by atoms with Crippen molar-refractivity contribution in [2.75, 3.05) is 5.43 Å². The zero-order valence-electron chi connectivity index (χ0n) is 9.57. The first kappa shape index (κ1) is 11.7. The molecule has 0 aliphatic carbocycles. The van der Waals surface area contributed by atoms with Gasteiger partial charge >= 0.3 is 0 Å².